The summed E-state index contributed by atoms with van der Waals surface area (Å²) >= 11 is 5.90. The van der Waals surface area contributed by atoms with E-state index in [0.717, 1.165) is 5.56 Å². The Labute approximate surface area is 187 Å². The van der Waals surface area contributed by atoms with Crippen molar-refractivity contribution in [3.63, 3.8) is 0 Å². The highest BCUT2D eigenvalue weighted by Gasteiger charge is 2.53. The standard InChI is InChI=1S/C24H27ClN2O4/c1-31-15-5-14-27-22(29)17-24(23(27)30,19-6-3-2-4-7-19)16-21(28)26-13-12-18-8-10-20(25)11-9-18/h2-4,6-11H,5,12-17H2,1H3,(H,26,28)/t24-/m0/s1. The quantitative estimate of drug-likeness (QED) is 0.453. The van der Waals surface area contributed by atoms with Gasteiger partial charge >= 0.3 is 0 Å². The normalized spacial score (nSPS) is 18.5. The number of carbonyl (C=O) groups excluding carboxylic acids is 3. The zero-order chi connectivity index (χ0) is 22.3. The second-order valence-corrected chi connectivity index (χ2v) is 8.16. The van der Waals surface area contributed by atoms with Crippen LogP contribution >= 0.6 is 11.6 Å². The van der Waals surface area contributed by atoms with E-state index in [-0.39, 0.29) is 37.1 Å². The minimum atomic E-state index is -1.17. The zero-order valence-corrected chi connectivity index (χ0v) is 18.4. The van der Waals surface area contributed by atoms with Gasteiger partial charge in [-0.05, 0) is 36.1 Å². The monoisotopic (exact) mass is 442 g/mol. The predicted molar refractivity (Wildman–Crippen MR) is 119 cm³/mol. The van der Waals surface area contributed by atoms with Crippen molar-refractivity contribution in [1.29, 1.82) is 0 Å². The summed E-state index contributed by atoms with van der Waals surface area (Å²) in [5.41, 5.74) is 0.574. The lowest BCUT2D eigenvalue weighted by atomic mass is 9.75. The molecular weight excluding hydrogens is 416 g/mol. The fourth-order valence-electron chi connectivity index (χ4n) is 3.95. The van der Waals surface area contributed by atoms with Crippen LogP contribution in [-0.2, 0) is 31.0 Å². The first-order valence-electron chi connectivity index (χ1n) is 10.4. The molecule has 3 rings (SSSR count). The molecule has 0 aliphatic carbocycles. The van der Waals surface area contributed by atoms with Gasteiger partial charge in [-0.2, -0.15) is 0 Å². The van der Waals surface area contributed by atoms with E-state index < -0.39 is 5.41 Å². The van der Waals surface area contributed by atoms with Crippen LogP contribution in [0.25, 0.3) is 0 Å². The van der Waals surface area contributed by atoms with Crippen LogP contribution in [0.3, 0.4) is 0 Å². The van der Waals surface area contributed by atoms with E-state index in [1.165, 1.54) is 4.90 Å². The van der Waals surface area contributed by atoms with Crippen molar-refractivity contribution in [2.75, 3.05) is 26.8 Å². The van der Waals surface area contributed by atoms with Gasteiger partial charge in [-0.3, -0.25) is 19.3 Å². The Morgan fingerprint density at radius 1 is 1.13 bits per heavy atom. The number of imide groups is 1. The number of nitrogens with one attached hydrogen (secondary N) is 1. The van der Waals surface area contributed by atoms with Crippen molar-refractivity contribution in [3.05, 3.63) is 70.7 Å². The molecule has 1 N–H and O–H groups in total. The topological polar surface area (TPSA) is 75.7 Å². The highest BCUT2D eigenvalue weighted by Crippen LogP contribution is 2.39. The molecule has 1 atom stereocenters. The second kappa shape index (κ2) is 10.6. The molecule has 0 unspecified atom stereocenters. The fourth-order valence-corrected chi connectivity index (χ4v) is 4.08. The molecule has 0 saturated carbocycles. The molecule has 2 aromatic rings. The van der Waals surface area contributed by atoms with Crippen molar-refractivity contribution in [3.8, 4) is 0 Å². The van der Waals surface area contributed by atoms with Gasteiger partial charge in [-0.15, -0.1) is 0 Å². The minimum Gasteiger partial charge on any atom is -0.385 e. The van der Waals surface area contributed by atoms with Gasteiger partial charge in [0, 0.05) is 44.7 Å². The Kier molecular flexibility index (Phi) is 7.82. The van der Waals surface area contributed by atoms with Crippen molar-refractivity contribution in [2.24, 2.45) is 0 Å². The number of rotatable bonds is 10. The number of nitrogens with zero attached hydrogens (tertiary/aromatic N) is 1. The number of methoxy groups -OCH3 is 1. The summed E-state index contributed by atoms with van der Waals surface area (Å²) < 4.78 is 5.04. The number of likely N-dealkylation sites (tertiary alicyclic amines) is 1. The number of carbonyl (C=O) groups is 3. The van der Waals surface area contributed by atoms with Gasteiger partial charge < -0.3 is 10.1 Å². The van der Waals surface area contributed by atoms with E-state index in [9.17, 15) is 14.4 Å². The number of ether oxygens (including phenoxy) is 1. The molecule has 31 heavy (non-hydrogen) atoms. The van der Waals surface area contributed by atoms with Crippen LogP contribution in [0.2, 0.25) is 5.02 Å². The number of halogens is 1. The molecule has 7 heteroatoms. The van der Waals surface area contributed by atoms with Gasteiger partial charge in [0.25, 0.3) is 0 Å². The maximum absolute atomic E-state index is 13.4. The second-order valence-electron chi connectivity index (χ2n) is 7.72. The smallest absolute Gasteiger partial charge is 0.240 e. The molecule has 0 spiro atoms. The van der Waals surface area contributed by atoms with Crippen molar-refractivity contribution in [1.82, 2.24) is 10.2 Å². The van der Waals surface area contributed by atoms with Crippen LogP contribution in [0.5, 0.6) is 0 Å². The van der Waals surface area contributed by atoms with E-state index >= 15 is 0 Å². The Morgan fingerprint density at radius 3 is 2.52 bits per heavy atom. The van der Waals surface area contributed by atoms with Crippen LogP contribution in [-0.4, -0.2) is 49.4 Å². The highest BCUT2D eigenvalue weighted by atomic mass is 35.5. The lowest BCUT2D eigenvalue weighted by molar-refractivity contribution is -0.141. The molecule has 1 aliphatic heterocycles. The summed E-state index contributed by atoms with van der Waals surface area (Å²) in [6, 6.07) is 16.6. The van der Waals surface area contributed by atoms with E-state index in [0.29, 0.717) is 36.6 Å². The molecule has 0 radical (unpaired) electrons. The molecule has 2 aromatic carbocycles. The minimum absolute atomic E-state index is 0.00651. The van der Waals surface area contributed by atoms with Crippen LogP contribution in [0.4, 0.5) is 0 Å². The van der Waals surface area contributed by atoms with Gasteiger partial charge in [0.1, 0.15) is 0 Å². The Bertz CT molecular complexity index is 917. The summed E-state index contributed by atoms with van der Waals surface area (Å²) in [6.45, 7) is 1.18. The molecule has 6 nitrogen and oxygen atoms in total. The lowest BCUT2D eigenvalue weighted by Crippen LogP contribution is -2.43. The number of benzene rings is 2. The number of hydrogen-bond acceptors (Lipinski definition) is 4. The average Bonchev–Trinajstić information content (AvgIpc) is 3.01. The zero-order valence-electron chi connectivity index (χ0n) is 17.6. The van der Waals surface area contributed by atoms with E-state index in [2.05, 4.69) is 5.32 Å². The lowest BCUT2D eigenvalue weighted by Gasteiger charge is -2.27. The fraction of sp³-hybridized carbons (Fsp3) is 0.375. The van der Waals surface area contributed by atoms with E-state index in [1.807, 2.05) is 54.6 Å². The summed E-state index contributed by atoms with van der Waals surface area (Å²) in [5, 5.41) is 3.56. The first-order valence-corrected chi connectivity index (χ1v) is 10.7. The van der Waals surface area contributed by atoms with Crippen LogP contribution in [0.1, 0.15) is 30.4 Å². The SMILES string of the molecule is COCCCN1C(=O)C[C@@](CC(=O)NCCc2ccc(Cl)cc2)(c2ccccc2)C1=O. The first kappa shape index (κ1) is 23.0. The molecule has 1 aliphatic rings. The number of hydrogen-bond donors (Lipinski definition) is 1. The molecule has 1 saturated heterocycles. The van der Waals surface area contributed by atoms with Gasteiger partial charge in [0.15, 0.2) is 0 Å². The third kappa shape index (κ3) is 5.51. The van der Waals surface area contributed by atoms with Gasteiger partial charge in [0.05, 0.1) is 5.41 Å². The third-order valence-corrected chi connectivity index (χ3v) is 5.83. The van der Waals surface area contributed by atoms with Crippen LogP contribution < -0.4 is 5.32 Å². The molecule has 1 heterocycles. The summed E-state index contributed by atoms with van der Waals surface area (Å²) in [5.74, 6) is -0.815. The molecule has 1 fully saturated rings. The van der Waals surface area contributed by atoms with Gasteiger partial charge in [-0.25, -0.2) is 0 Å². The largest absolute Gasteiger partial charge is 0.385 e. The third-order valence-electron chi connectivity index (χ3n) is 5.58. The molecular formula is C24H27ClN2O4. The maximum Gasteiger partial charge on any atom is 0.240 e. The highest BCUT2D eigenvalue weighted by molar-refractivity contribution is 6.30. The summed E-state index contributed by atoms with van der Waals surface area (Å²) in [7, 11) is 1.58. The molecule has 0 aromatic heterocycles. The molecule has 164 valence electrons. The van der Waals surface area contributed by atoms with Crippen molar-refractivity contribution < 1.29 is 19.1 Å². The Balaban J connectivity index is 1.71. The Hall–Kier alpha value is -2.70. The van der Waals surface area contributed by atoms with Crippen LogP contribution in [0, 0.1) is 0 Å². The van der Waals surface area contributed by atoms with Crippen molar-refractivity contribution in [2.45, 2.75) is 31.1 Å². The number of amides is 3. The molecule has 3 amide bonds. The predicted octanol–water partition coefficient (Wildman–Crippen LogP) is 3.12. The summed E-state index contributed by atoms with van der Waals surface area (Å²) in [6.07, 6.45) is 1.14. The van der Waals surface area contributed by atoms with E-state index in [1.54, 1.807) is 7.11 Å². The van der Waals surface area contributed by atoms with Gasteiger partial charge in [0.2, 0.25) is 17.7 Å². The van der Waals surface area contributed by atoms with Gasteiger partial charge in [-0.1, -0.05) is 54.1 Å². The van der Waals surface area contributed by atoms with Crippen LogP contribution in [0.15, 0.2) is 54.6 Å². The molecule has 0 bridgehead atoms. The van der Waals surface area contributed by atoms with Crippen molar-refractivity contribution >= 4 is 29.3 Å². The Morgan fingerprint density at radius 2 is 1.84 bits per heavy atom. The first-order chi connectivity index (χ1) is 15.0. The average molecular weight is 443 g/mol. The summed E-state index contributed by atoms with van der Waals surface area (Å²) in [4.78, 5) is 40.1. The van der Waals surface area contributed by atoms with E-state index in [4.69, 9.17) is 16.3 Å². The maximum atomic E-state index is 13.4.